The number of hydrogen-bond acceptors (Lipinski definition) is 5. The molecule has 1 aliphatic heterocycles. The van der Waals surface area contributed by atoms with Crippen molar-refractivity contribution in [3.8, 4) is 0 Å². The summed E-state index contributed by atoms with van der Waals surface area (Å²) in [5.74, 6) is -0.0285. The minimum atomic E-state index is -0.197. The first-order valence-corrected chi connectivity index (χ1v) is 8.13. The second-order valence-electron chi connectivity index (χ2n) is 5.63. The molecular formula is C16H17ClN4O3. The van der Waals surface area contributed by atoms with Crippen molar-refractivity contribution in [2.45, 2.75) is 32.1 Å². The summed E-state index contributed by atoms with van der Waals surface area (Å²) in [6, 6.07) is 7.15. The molecule has 1 saturated heterocycles. The molecule has 0 saturated carbocycles. The van der Waals surface area contributed by atoms with Gasteiger partial charge < -0.3 is 9.32 Å². The van der Waals surface area contributed by atoms with Gasteiger partial charge in [-0.05, 0) is 30.7 Å². The van der Waals surface area contributed by atoms with Crippen LogP contribution in [0.4, 0.5) is 11.7 Å². The molecule has 0 spiro atoms. The molecule has 2 amide bonds. The maximum atomic E-state index is 12.2. The van der Waals surface area contributed by atoms with Crippen LogP contribution in [0.15, 0.2) is 28.7 Å². The third-order valence-corrected chi connectivity index (χ3v) is 4.03. The van der Waals surface area contributed by atoms with E-state index in [0.29, 0.717) is 23.9 Å². The summed E-state index contributed by atoms with van der Waals surface area (Å²) >= 11 is 5.87. The van der Waals surface area contributed by atoms with Crippen LogP contribution in [0.3, 0.4) is 0 Å². The highest BCUT2D eigenvalue weighted by Crippen LogP contribution is 2.32. The Hall–Kier alpha value is -2.41. The molecule has 1 fully saturated rings. The van der Waals surface area contributed by atoms with Gasteiger partial charge in [0, 0.05) is 30.1 Å². The minimum absolute atomic E-state index is 0.0166. The first-order valence-electron chi connectivity index (χ1n) is 7.76. The molecule has 1 atom stereocenters. The van der Waals surface area contributed by atoms with E-state index in [-0.39, 0.29) is 30.2 Å². The summed E-state index contributed by atoms with van der Waals surface area (Å²) in [7, 11) is 0. The fourth-order valence-electron chi connectivity index (χ4n) is 2.60. The number of halogens is 1. The molecule has 3 rings (SSSR count). The van der Waals surface area contributed by atoms with Crippen molar-refractivity contribution in [1.29, 1.82) is 0 Å². The summed E-state index contributed by atoms with van der Waals surface area (Å²) in [5.41, 5.74) is 0.780. The number of hydrogen-bond donors (Lipinski definition) is 1. The molecule has 0 radical (unpaired) electrons. The smallest absolute Gasteiger partial charge is 0.322 e. The van der Waals surface area contributed by atoms with Crippen molar-refractivity contribution in [1.82, 2.24) is 10.2 Å². The number of rotatable bonds is 5. The molecule has 2 aromatic rings. The van der Waals surface area contributed by atoms with Crippen LogP contribution in [0.1, 0.15) is 38.0 Å². The van der Waals surface area contributed by atoms with Gasteiger partial charge in [-0.2, -0.15) is 0 Å². The maximum Gasteiger partial charge on any atom is 0.322 e. The molecule has 1 N–H and O–H groups in total. The summed E-state index contributed by atoms with van der Waals surface area (Å²) in [5, 5.41) is 10.9. The lowest BCUT2D eigenvalue weighted by Crippen LogP contribution is -2.24. The van der Waals surface area contributed by atoms with E-state index in [4.69, 9.17) is 16.0 Å². The maximum absolute atomic E-state index is 12.2. The Morgan fingerprint density at radius 1 is 1.38 bits per heavy atom. The van der Waals surface area contributed by atoms with Gasteiger partial charge in [0.15, 0.2) is 0 Å². The van der Waals surface area contributed by atoms with Crippen molar-refractivity contribution in [2.24, 2.45) is 0 Å². The van der Waals surface area contributed by atoms with Crippen LogP contribution in [0.2, 0.25) is 5.02 Å². The molecular weight excluding hydrogens is 332 g/mol. The molecule has 1 aliphatic rings. The summed E-state index contributed by atoms with van der Waals surface area (Å²) in [6.07, 6.45) is 1.41. The standard InChI is InChI=1S/C16H17ClN4O3/c1-2-3-13(22)18-16-20-19-15(24-16)10-8-14(23)21(9-10)12-6-4-11(17)5-7-12/h4-7,10H,2-3,8-9H2,1H3,(H,18,20,22)/t10-/m1/s1. The molecule has 1 aromatic carbocycles. The molecule has 8 heteroatoms. The monoisotopic (exact) mass is 348 g/mol. The largest absolute Gasteiger partial charge is 0.407 e. The van der Waals surface area contributed by atoms with Crippen molar-refractivity contribution >= 4 is 35.1 Å². The van der Waals surface area contributed by atoms with E-state index in [1.54, 1.807) is 29.2 Å². The van der Waals surface area contributed by atoms with E-state index in [1.165, 1.54) is 0 Å². The van der Waals surface area contributed by atoms with Crippen LogP contribution in [0.25, 0.3) is 0 Å². The van der Waals surface area contributed by atoms with Crippen molar-refractivity contribution in [2.75, 3.05) is 16.8 Å². The Morgan fingerprint density at radius 3 is 2.83 bits per heavy atom. The Kier molecular flexibility index (Phi) is 4.80. The van der Waals surface area contributed by atoms with Gasteiger partial charge in [0.2, 0.25) is 17.7 Å². The van der Waals surface area contributed by atoms with E-state index in [2.05, 4.69) is 15.5 Å². The molecule has 126 valence electrons. The Balaban J connectivity index is 1.68. The minimum Gasteiger partial charge on any atom is -0.407 e. The highest BCUT2D eigenvalue weighted by molar-refractivity contribution is 6.30. The zero-order chi connectivity index (χ0) is 17.1. The van der Waals surface area contributed by atoms with Gasteiger partial charge in [-0.15, -0.1) is 5.10 Å². The van der Waals surface area contributed by atoms with E-state index in [1.807, 2.05) is 6.92 Å². The van der Waals surface area contributed by atoms with Gasteiger partial charge in [-0.1, -0.05) is 23.6 Å². The van der Waals surface area contributed by atoms with E-state index in [9.17, 15) is 9.59 Å². The SMILES string of the molecule is CCCC(=O)Nc1nnc([C@@H]2CC(=O)N(c3ccc(Cl)cc3)C2)o1. The Bertz CT molecular complexity index is 744. The van der Waals surface area contributed by atoms with Crippen LogP contribution in [0.5, 0.6) is 0 Å². The zero-order valence-electron chi connectivity index (χ0n) is 13.2. The van der Waals surface area contributed by atoms with Crippen LogP contribution < -0.4 is 10.2 Å². The van der Waals surface area contributed by atoms with Gasteiger partial charge in [-0.3, -0.25) is 14.9 Å². The molecule has 1 aromatic heterocycles. The normalized spacial score (nSPS) is 17.3. The number of nitrogens with zero attached hydrogens (tertiary/aromatic N) is 3. The quantitative estimate of drug-likeness (QED) is 0.897. The molecule has 0 bridgehead atoms. The predicted molar refractivity (Wildman–Crippen MR) is 89.0 cm³/mol. The molecule has 0 aliphatic carbocycles. The molecule has 2 heterocycles. The van der Waals surface area contributed by atoms with Crippen molar-refractivity contribution in [3.63, 3.8) is 0 Å². The predicted octanol–water partition coefficient (Wildman–Crippen LogP) is 2.98. The number of nitrogens with one attached hydrogen (secondary N) is 1. The average molecular weight is 349 g/mol. The zero-order valence-corrected chi connectivity index (χ0v) is 13.9. The van der Waals surface area contributed by atoms with Crippen molar-refractivity contribution < 1.29 is 14.0 Å². The van der Waals surface area contributed by atoms with E-state index >= 15 is 0 Å². The lowest BCUT2D eigenvalue weighted by atomic mass is 10.1. The summed E-state index contributed by atoms with van der Waals surface area (Å²) in [6.45, 7) is 2.36. The van der Waals surface area contributed by atoms with Crippen LogP contribution in [-0.4, -0.2) is 28.6 Å². The molecule has 24 heavy (non-hydrogen) atoms. The summed E-state index contributed by atoms with van der Waals surface area (Å²) < 4.78 is 5.48. The first kappa shape index (κ1) is 16.4. The Labute approximate surface area is 144 Å². The fourth-order valence-corrected chi connectivity index (χ4v) is 2.73. The number of carbonyl (C=O) groups is 2. The van der Waals surface area contributed by atoms with Gasteiger partial charge in [0.25, 0.3) is 0 Å². The lowest BCUT2D eigenvalue weighted by Gasteiger charge is -2.15. The van der Waals surface area contributed by atoms with Gasteiger partial charge in [0.05, 0.1) is 5.92 Å². The van der Waals surface area contributed by atoms with Crippen LogP contribution in [-0.2, 0) is 9.59 Å². The average Bonchev–Trinajstić information content (AvgIpc) is 3.15. The Morgan fingerprint density at radius 2 is 2.12 bits per heavy atom. The van der Waals surface area contributed by atoms with Gasteiger partial charge >= 0.3 is 6.01 Å². The molecule has 7 nitrogen and oxygen atoms in total. The van der Waals surface area contributed by atoms with Crippen LogP contribution in [0, 0.1) is 0 Å². The van der Waals surface area contributed by atoms with E-state index in [0.717, 1.165) is 12.1 Å². The number of amides is 2. The number of carbonyl (C=O) groups excluding carboxylic acids is 2. The fraction of sp³-hybridized carbons (Fsp3) is 0.375. The summed E-state index contributed by atoms with van der Waals surface area (Å²) in [4.78, 5) is 25.5. The third kappa shape index (κ3) is 3.56. The number of benzene rings is 1. The number of aromatic nitrogens is 2. The third-order valence-electron chi connectivity index (χ3n) is 3.78. The first-order chi connectivity index (χ1) is 11.6. The van der Waals surface area contributed by atoms with E-state index < -0.39 is 0 Å². The van der Waals surface area contributed by atoms with Gasteiger partial charge in [0.1, 0.15) is 0 Å². The highest BCUT2D eigenvalue weighted by Gasteiger charge is 2.35. The highest BCUT2D eigenvalue weighted by atomic mass is 35.5. The van der Waals surface area contributed by atoms with Crippen LogP contribution >= 0.6 is 11.6 Å². The number of anilines is 2. The molecule has 0 unspecified atom stereocenters. The lowest BCUT2D eigenvalue weighted by molar-refractivity contribution is -0.117. The topological polar surface area (TPSA) is 88.3 Å². The van der Waals surface area contributed by atoms with Crippen molar-refractivity contribution in [3.05, 3.63) is 35.2 Å². The van der Waals surface area contributed by atoms with Gasteiger partial charge in [-0.25, -0.2) is 0 Å². The second kappa shape index (κ2) is 7.00. The second-order valence-corrected chi connectivity index (χ2v) is 6.06.